The smallest absolute Gasteiger partial charge is 0.240 e. The molecule has 3 saturated carbocycles. The summed E-state index contributed by atoms with van der Waals surface area (Å²) < 4.78 is 0. The third-order valence-corrected chi connectivity index (χ3v) is 5.00. The third-order valence-electron chi connectivity index (χ3n) is 5.00. The second-order valence-corrected chi connectivity index (χ2v) is 6.76. The van der Waals surface area contributed by atoms with Gasteiger partial charge < -0.3 is 5.32 Å². The second-order valence-electron chi connectivity index (χ2n) is 6.76. The van der Waals surface area contributed by atoms with Crippen molar-refractivity contribution in [3.8, 4) is 6.07 Å². The highest BCUT2D eigenvalue weighted by molar-refractivity contribution is 5.86. The van der Waals surface area contributed by atoms with Crippen molar-refractivity contribution < 1.29 is 4.79 Å². The van der Waals surface area contributed by atoms with Crippen molar-refractivity contribution in [2.24, 2.45) is 29.1 Å². The van der Waals surface area contributed by atoms with Crippen LogP contribution in [0.1, 0.15) is 45.4 Å². The average Bonchev–Trinajstić information content (AvgIpc) is 3.14. The molecule has 0 saturated heterocycles. The zero-order chi connectivity index (χ0) is 12.8. The van der Waals surface area contributed by atoms with Crippen LogP contribution in [-0.4, -0.2) is 12.5 Å². The molecule has 3 fully saturated rings. The van der Waals surface area contributed by atoms with Crippen LogP contribution in [0.4, 0.5) is 0 Å². The van der Waals surface area contributed by atoms with Crippen LogP contribution < -0.4 is 5.32 Å². The Morgan fingerprint density at radius 2 is 1.89 bits per heavy atom. The molecule has 3 nitrogen and oxygen atoms in total. The Balaban J connectivity index is 1.53. The number of carbonyl (C=O) groups is 1. The van der Waals surface area contributed by atoms with Crippen LogP contribution in [0.15, 0.2) is 0 Å². The van der Waals surface area contributed by atoms with E-state index in [0.29, 0.717) is 11.8 Å². The van der Waals surface area contributed by atoms with E-state index >= 15 is 0 Å². The van der Waals surface area contributed by atoms with Crippen molar-refractivity contribution in [2.75, 3.05) is 6.54 Å². The molecule has 0 spiro atoms. The van der Waals surface area contributed by atoms with E-state index in [2.05, 4.69) is 18.3 Å². The van der Waals surface area contributed by atoms with E-state index in [1.807, 2.05) is 0 Å². The predicted octanol–water partition coefficient (Wildman–Crippen LogP) is 2.48. The number of nitrogens with zero attached hydrogens (tertiary/aromatic N) is 1. The summed E-state index contributed by atoms with van der Waals surface area (Å²) in [5, 5.41) is 12.3. The van der Waals surface area contributed by atoms with Gasteiger partial charge in [0.15, 0.2) is 0 Å². The van der Waals surface area contributed by atoms with Gasteiger partial charge in [0.25, 0.3) is 0 Å². The largest absolute Gasteiger partial charge is 0.354 e. The van der Waals surface area contributed by atoms with Crippen molar-refractivity contribution in [1.82, 2.24) is 5.32 Å². The standard InChI is InChI=1S/C15H22N2O/c1-10-6-15(7-10,9-16)14(18)17-8-13(11-2-3-11)12-4-5-12/h10-13H,2-8H2,1H3,(H,17,18). The lowest BCUT2D eigenvalue weighted by Gasteiger charge is -2.39. The van der Waals surface area contributed by atoms with Crippen LogP contribution in [0.5, 0.6) is 0 Å². The van der Waals surface area contributed by atoms with E-state index in [0.717, 1.165) is 31.2 Å². The van der Waals surface area contributed by atoms with Crippen LogP contribution in [0.25, 0.3) is 0 Å². The Morgan fingerprint density at radius 3 is 2.28 bits per heavy atom. The number of hydrogen-bond donors (Lipinski definition) is 1. The van der Waals surface area contributed by atoms with Crippen LogP contribution in [0, 0.1) is 40.4 Å². The first-order valence-electron chi connectivity index (χ1n) is 7.34. The van der Waals surface area contributed by atoms with E-state index in [4.69, 9.17) is 0 Å². The first-order chi connectivity index (χ1) is 8.64. The minimum absolute atomic E-state index is 0.00519. The van der Waals surface area contributed by atoms with Gasteiger partial charge in [-0.3, -0.25) is 4.79 Å². The van der Waals surface area contributed by atoms with E-state index in [9.17, 15) is 10.1 Å². The lowest BCUT2D eigenvalue weighted by molar-refractivity contribution is -0.134. The average molecular weight is 246 g/mol. The minimum atomic E-state index is -0.697. The molecule has 0 radical (unpaired) electrons. The lowest BCUT2D eigenvalue weighted by atomic mass is 9.63. The molecule has 0 aromatic carbocycles. The van der Waals surface area contributed by atoms with Crippen molar-refractivity contribution in [3.63, 3.8) is 0 Å². The molecule has 0 aromatic rings. The molecule has 0 atom stereocenters. The van der Waals surface area contributed by atoms with Crippen molar-refractivity contribution in [3.05, 3.63) is 0 Å². The molecule has 0 unspecified atom stereocenters. The van der Waals surface area contributed by atoms with Crippen LogP contribution >= 0.6 is 0 Å². The summed E-state index contributed by atoms with van der Waals surface area (Å²) in [4.78, 5) is 12.2. The predicted molar refractivity (Wildman–Crippen MR) is 68.4 cm³/mol. The minimum Gasteiger partial charge on any atom is -0.354 e. The van der Waals surface area contributed by atoms with Crippen LogP contribution in [-0.2, 0) is 4.79 Å². The summed E-state index contributed by atoms with van der Waals surface area (Å²) in [5.74, 6) is 2.93. The van der Waals surface area contributed by atoms with Gasteiger partial charge in [0.1, 0.15) is 5.41 Å². The summed E-state index contributed by atoms with van der Waals surface area (Å²) >= 11 is 0. The highest BCUT2D eigenvalue weighted by Crippen LogP contribution is 2.49. The molecule has 3 heteroatoms. The zero-order valence-electron chi connectivity index (χ0n) is 11.1. The van der Waals surface area contributed by atoms with Gasteiger partial charge in [-0.15, -0.1) is 0 Å². The van der Waals surface area contributed by atoms with Crippen molar-refractivity contribution in [2.45, 2.75) is 45.4 Å². The fourth-order valence-corrected chi connectivity index (χ4v) is 3.60. The highest BCUT2D eigenvalue weighted by atomic mass is 16.2. The SMILES string of the molecule is CC1CC(C#N)(C(=O)NCC(C2CC2)C2CC2)C1. The first-order valence-corrected chi connectivity index (χ1v) is 7.34. The summed E-state index contributed by atoms with van der Waals surface area (Å²) in [6.45, 7) is 2.92. The lowest BCUT2D eigenvalue weighted by Crippen LogP contribution is -2.49. The van der Waals surface area contributed by atoms with Gasteiger partial charge in [0, 0.05) is 6.54 Å². The highest BCUT2D eigenvalue weighted by Gasteiger charge is 2.49. The van der Waals surface area contributed by atoms with Gasteiger partial charge in [0.05, 0.1) is 6.07 Å². The molecule has 0 heterocycles. The Hall–Kier alpha value is -1.04. The number of amides is 1. The van der Waals surface area contributed by atoms with Crippen LogP contribution in [0.2, 0.25) is 0 Å². The molecule has 3 aliphatic rings. The van der Waals surface area contributed by atoms with Gasteiger partial charge in [-0.05, 0) is 62.2 Å². The summed E-state index contributed by atoms with van der Waals surface area (Å²) in [6, 6.07) is 2.25. The van der Waals surface area contributed by atoms with Gasteiger partial charge in [-0.1, -0.05) is 6.92 Å². The maximum atomic E-state index is 12.2. The number of rotatable bonds is 5. The number of nitriles is 1. The van der Waals surface area contributed by atoms with Crippen molar-refractivity contribution in [1.29, 1.82) is 5.26 Å². The third kappa shape index (κ3) is 2.13. The molecule has 0 aliphatic heterocycles. The molecule has 3 aliphatic carbocycles. The summed E-state index contributed by atoms with van der Waals surface area (Å²) in [5.41, 5.74) is -0.697. The topological polar surface area (TPSA) is 52.9 Å². The second kappa shape index (κ2) is 4.26. The van der Waals surface area contributed by atoms with E-state index in [-0.39, 0.29) is 5.91 Å². The van der Waals surface area contributed by atoms with Gasteiger partial charge in [-0.25, -0.2) is 0 Å². The Bertz CT molecular complexity index is 372. The number of carbonyl (C=O) groups excluding carboxylic acids is 1. The van der Waals surface area contributed by atoms with E-state index < -0.39 is 5.41 Å². The molecule has 0 bridgehead atoms. The first kappa shape index (κ1) is 12.0. The molecule has 3 rings (SSSR count). The van der Waals surface area contributed by atoms with Gasteiger partial charge in [-0.2, -0.15) is 5.26 Å². The van der Waals surface area contributed by atoms with Gasteiger partial charge >= 0.3 is 0 Å². The fourth-order valence-electron chi connectivity index (χ4n) is 3.60. The maximum absolute atomic E-state index is 12.2. The molecule has 0 aromatic heterocycles. The molecular formula is C15H22N2O. The Morgan fingerprint density at radius 1 is 1.33 bits per heavy atom. The van der Waals surface area contributed by atoms with Crippen molar-refractivity contribution >= 4 is 5.91 Å². The van der Waals surface area contributed by atoms with Crippen LogP contribution in [0.3, 0.4) is 0 Å². The molecule has 98 valence electrons. The normalized spacial score (nSPS) is 34.8. The fraction of sp³-hybridized carbons (Fsp3) is 0.867. The molecule has 18 heavy (non-hydrogen) atoms. The maximum Gasteiger partial charge on any atom is 0.240 e. The quantitative estimate of drug-likeness (QED) is 0.810. The van der Waals surface area contributed by atoms with E-state index in [1.54, 1.807) is 0 Å². The molecule has 1 N–H and O–H groups in total. The molecular weight excluding hydrogens is 224 g/mol. The zero-order valence-corrected chi connectivity index (χ0v) is 11.1. The van der Waals surface area contributed by atoms with Gasteiger partial charge in [0.2, 0.25) is 5.91 Å². The number of nitrogens with one attached hydrogen (secondary N) is 1. The Labute approximate surface area is 109 Å². The monoisotopic (exact) mass is 246 g/mol. The summed E-state index contributed by atoms with van der Waals surface area (Å²) in [6.07, 6.45) is 6.86. The van der Waals surface area contributed by atoms with E-state index in [1.165, 1.54) is 25.7 Å². The number of hydrogen-bond acceptors (Lipinski definition) is 2. The Kier molecular flexibility index (Phi) is 2.84. The molecule has 1 amide bonds. The summed E-state index contributed by atoms with van der Waals surface area (Å²) in [7, 11) is 0.